The first kappa shape index (κ1) is 12.5. The Morgan fingerprint density at radius 1 is 1.35 bits per heavy atom. The predicted octanol–water partition coefficient (Wildman–Crippen LogP) is 3.70. The molecule has 0 aromatic carbocycles. The largest absolute Gasteiger partial charge is 0.399 e. The van der Waals surface area contributed by atoms with Crippen molar-refractivity contribution in [3.63, 3.8) is 0 Å². The minimum atomic E-state index is 0.453. The van der Waals surface area contributed by atoms with Gasteiger partial charge >= 0.3 is 0 Å². The number of nitrogens with zero attached hydrogens (tertiary/aromatic N) is 1. The number of pyridine rings is 1. The molecule has 4 heteroatoms. The Balaban J connectivity index is 1.93. The molecule has 0 bridgehead atoms. The predicted molar refractivity (Wildman–Crippen MR) is 73.3 cm³/mol. The van der Waals surface area contributed by atoms with Crippen molar-refractivity contribution in [2.45, 2.75) is 45.1 Å². The second kappa shape index (κ2) is 5.58. The third-order valence-electron chi connectivity index (χ3n) is 3.59. The highest BCUT2D eigenvalue weighted by molar-refractivity contribution is 6.29. The van der Waals surface area contributed by atoms with Gasteiger partial charge in [-0.05, 0) is 37.7 Å². The highest BCUT2D eigenvalue weighted by Gasteiger charge is 2.20. The second-order valence-electron chi connectivity index (χ2n) is 4.88. The number of aromatic nitrogens is 1. The van der Waals surface area contributed by atoms with Gasteiger partial charge in [0.1, 0.15) is 11.0 Å². The van der Waals surface area contributed by atoms with Crippen LogP contribution in [0.2, 0.25) is 5.15 Å². The zero-order valence-corrected chi connectivity index (χ0v) is 11.0. The molecule has 2 rings (SSSR count). The quantitative estimate of drug-likeness (QED) is 0.808. The summed E-state index contributed by atoms with van der Waals surface area (Å²) in [7, 11) is 0. The van der Waals surface area contributed by atoms with E-state index in [9.17, 15) is 0 Å². The molecule has 1 aromatic rings. The molecule has 17 heavy (non-hydrogen) atoms. The Hall–Kier alpha value is -0.960. The topological polar surface area (TPSA) is 50.9 Å². The van der Waals surface area contributed by atoms with Crippen molar-refractivity contribution in [1.29, 1.82) is 0 Å². The molecule has 1 fully saturated rings. The fourth-order valence-corrected chi connectivity index (χ4v) is 2.73. The Morgan fingerprint density at radius 2 is 2.06 bits per heavy atom. The number of hydrogen-bond donors (Lipinski definition) is 2. The molecule has 0 saturated heterocycles. The molecule has 0 aliphatic heterocycles. The van der Waals surface area contributed by atoms with Gasteiger partial charge in [0, 0.05) is 17.8 Å². The first-order valence-electron chi connectivity index (χ1n) is 6.37. The van der Waals surface area contributed by atoms with Crippen LogP contribution < -0.4 is 11.1 Å². The summed E-state index contributed by atoms with van der Waals surface area (Å²) in [6.45, 7) is 2.28. The number of nitrogen functional groups attached to an aromatic ring is 1. The Kier molecular flexibility index (Phi) is 4.11. The molecule has 1 saturated carbocycles. The van der Waals surface area contributed by atoms with Crippen LogP contribution in [0.25, 0.3) is 0 Å². The van der Waals surface area contributed by atoms with Crippen molar-refractivity contribution in [3.8, 4) is 0 Å². The van der Waals surface area contributed by atoms with Crippen molar-refractivity contribution >= 4 is 23.1 Å². The van der Waals surface area contributed by atoms with Crippen molar-refractivity contribution in [2.24, 2.45) is 5.92 Å². The van der Waals surface area contributed by atoms with Crippen molar-refractivity contribution < 1.29 is 0 Å². The number of nitrogens with two attached hydrogens (primary N) is 1. The number of anilines is 2. The van der Waals surface area contributed by atoms with Gasteiger partial charge in [-0.1, -0.05) is 24.9 Å². The number of hydrogen-bond acceptors (Lipinski definition) is 3. The maximum atomic E-state index is 5.88. The van der Waals surface area contributed by atoms with Crippen LogP contribution in [-0.4, -0.2) is 11.0 Å². The number of nitrogens with one attached hydrogen (secondary N) is 1. The van der Waals surface area contributed by atoms with Crippen molar-refractivity contribution in [2.75, 3.05) is 11.1 Å². The molecule has 3 nitrogen and oxygen atoms in total. The van der Waals surface area contributed by atoms with E-state index in [2.05, 4.69) is 17.2 Å². The van der Waals surface area contributed by atoms with Gasteiger partial charge < -0.3 is 11.1 Å². The highest BCUT2D eigenvalue weighted by atomic mass is 35.5. The van der Waals surface area contributed by atoms with Gasteiger partial charge in [0.2, 0.25) is 0 Å². The molecule has 0 unspecified atom stereocenters. The minimum absolute atomic E-state index is 0.453. The zero-order chi connectivity index (χ0) is 12.3. The van der Waals surface area contributed by atoms with E-state index in [4.69, 9.17) is 17.3 Å². The van der Waals surface area contributed by atoms with Gasteiger partial charge in [-0.2, -0.15) is 0 Å². The Bertz CT molecular complexity index is 353. The van der Waals surface area contributed by atoms with E-state index >= 15 is 0 Å². The molecule has 1 aromatic heterocycles. The SMILES string of the molecule is CCC1CCC(Nc2cc(N)cc(Cl)n2)CC1. The summed E-state index contributed by atoms with van der Waals surface area (Å²) in [5.74, 6) is 1.71. The number of rotatable bonds is 3. The van der Waals surface area contributed by atoms with Crippen LogP contribution in [0.15, 0.2) is 12.1 Å². The average Bonchev–Trinajstić information content (AvgIpc) is 2.28. The molecule has 0 spiro atoms. The first-order chi connectivity index (χ1) is 8.17. The molecule has 1 aliphatic rings. The van der Waals surface area contributed by atoms with Gasteiger partial charge in [-0.15, -0.1) is 0 Å². The van der Waals surface area contributed by atoms with E-state index in [1.165, 1.54) is 32.1 Å². The van der Waals surface area contributed by atoms with Gasteiger partial charge in [0.25, 0.3) is 0 Å². The summed E-state index contributed by atoms with van der Waals surface area (Å²) in [4.78, 5) is 4.24. The monoisotopic (exact) mass is 253 g/mol. The van der Waals surface area contributed by atoms with Crippen molar-refractivity contribution in [1.82, 2.24) is 4.98 Å². The molecular weight excluding hydrogens is 234 g/mol. The third kappa shape index (κ3) is 3.50. The van der Waals surface area contributed by atoms with E-state index in [1.54, 1.807) is 6.07 Å². The lowest BCUT2D eigenvalue weighted by molar-refractivity contribution is 0.330. The van der Waals surface area contributed by atoms with Crippen molar-refractivity contribution in [3.05, 3.63) is 17.3 Å². The van der Waals surface area contributed by atoms with E-state index < -0.39 is 0 Å². The lowest BCUT2D eigenvalue weighted by Gasteiger charge is -2.28. The summed E-state index contributed by atoms with van der Waals surface area (Å²) in [6, 6.07) is 4.03. The van der Waals surface area contributed by atoms with Gasteiger partial charge in [-0.3, -0.25) is 0 Å². The second-order valence-corrected chi connectivity index (χ2v) is 5.27. The van der Waals surface area contributed by atoms with Gasteiger partial charge in [0.15, 0.2) is 0 Å². The summed E-state index contributed by atoms with van der Waals surface area (Å²) >= 11 is 5.88. The van der Waals surface area contributed by atoms with E-state index in [1.807, 2.05) is 6.07 Å². The fourth-order valence-electron chi connectivity index (χ4n) is 2.51. The maximum Gasteiger partial charge on any atom is 0.133 e. The van der Waals surface area contributed by atoms with Gasteiger partial charge in [-0.25, -0.2) is 4.98 Å². The molecule has 0 atom stereocenters. The van der Waals surface area contributed by atoms with Crippen LogP contribution >= 0.6 is 11.6 Å². The van der Waals surface area contributed by atoms with Crippen LogP contribution in [-0.2, 0) is 0 Å². The molecule has 0 radical (unpaired) electrons. The molecule has 94 valence electrons. The lowest BCUT2D eigenvalue weighted by Crippen LogP contribution is -2.26. The average molecular weight is 254 g/mol. The third-order valence-corrected chi connectivity index (χ3v) is 3.79. The minimum Gasteiger partial charge on any atom is -0.399 e. The Labute approximate surface area is 108 Å². The van der Waals surface area contributed by atoms with Crippen LogP contribution in [0.3, 0.4) is 0 Å². The molecule has 1 aliphatic carbocycles. The lowest BCUT2D eigenvalue weighted by atomic mass is 9.84. The van der Waals surface area contributed by atoms with Gasteiger partial charge in [0.05, 0.1) is 0 Å². The zero-order valence-electron chi connectivity index (χ0n) is 10.2. The molecule has 1 heterocycles. The van der Waals surface area contributed by atoms with Crippen LogP contribution in [0, 0.1) is 5.92 Å². The van der Waals surface area contributed by atoms with Crippen LogP contribution in [0.5, 0.6) is 0 Å². The Morgan fingerprint density at radius 3 is 2.65 bits per heavy atom. The first-order valence-corrected chi connectivity index (χ1v) is 6.74. The standard InChI is InChI=1S/C13H20ClN3/c1-2-9-3-5-11(6-4-9)16-13-8-10(15)7-12(14)17-13/h7-9,11H,2-6H2,1H3,(H3,15,16,17). The molecular formula is C13H20ClN3. The van der Waals surface area contributed by atoms with E-state index in [0.717, 1.165) is 11.7 Å². The van der Waals surface area contributed by atoms with Crippen LogP contribution in [0.1, 0.15) is 39.0 Å². The highest BCUT2D eigenvalue weighted by Crippen LogP contribution is 2.28. The van der Waals surface area contributed by atoms with Crippen LogP contribution in [0.4, 0.5) is 11.5 Å². The number of halogens is 1. The molecule has 0 amide bonds. The maximum absolute atomic E-state index is 5.88. The normalized spacial score (nSPS) is 24.6. The molecule has 3 N–H and O–H groups in total. The summed E-state index contributed by atoms with van der Waals surface area (Å²) in [6.07, 6.45) is 6.35. The summed E-state index contributed by atoms with van der Waals surface area (Å²) in [5, 5.41) is 3.89. The fraction of sp³-hybridized carbons (Fsp3) is 0.615. The smallest absolute Gasteiger partial charge is 0.133 e. The van der Waals surface area contributed by atoms with E-state index in [0.29, 0.717) is 16.9 Å². The van der Waals surface area contributed by atoms with E-state index in [-0.39, 0.29) is 0 Å². The summed E-state index contributed by atoms with van der Waals surface area (Å²) < 4.78 is 0. The summed E-state index contributed by atoms with van der Waals surface area (Å²) in [5.41, 5.74) is 6.41.